The van der Waals surface area contributed by atoms with Crippen LogP contribution in [0.3, 0.4) is 0 Å². The Hall–Kier alpha value is -1.55. The molecule has 0 radical (unpaired) electrons. The van der Waals surface area contributed by atoms with E-state index in [4.69, 9.17) is 9.15 Å². The van der Waals surface area contributed by atoms with Crippen LogP contribution in [0.2, 0.25) is 0 Å². The summed E-state index contributed by atoms with van der Waals surface area (Å²) in [5.74, 6) is 0.793. The van der Waals surface area contributed by atoms with E-state index < -0.39 is 0 Å². The van der Waals surface area contributed by atoms with Crippen LogP contribution in [0.5, 0.6) is 5.75 Å². The first kappa shape index (κ1) is 11.0. The zero-order valence-corrected chi connectivity index (χ0v) is 10.2. The molecule has 0 amide bonds. The van der Waals surface area contributed by atoms with Crippen molar-refractivity contribution in [3.8, 4) is 5.75 Å². The van der Waals surface area contributed by atoms with Gasteiger partial charge in [0.15, 0.2) is 10.4 Å². The minimum atomic E-state index is -0.162. The van der Waals surface area contributed by atoms with Gasteiger partial charge in [-0.2, -0.15) is 0 Å². The first-order valence-electron chi connectivity index (χ1n) is 4.65. The molecule has 0 fully saturated rings. The maximum Gasteiger partial charge on any atom is 0.228 e. The molecular weight excluding hydrogens is 272 g/mol. The van der Waals surface area contributed by atoms with Gasteiger partial charge in [0.25, 0.3) is 0 Å². The van der Waals surface area contributed by atoms with Crippen LogP contribution in [0.1, 0.15) is 16.1 Å². The molecule has 0 bridgehead atoms. The highest BCUT2D eigenvalue weighted by Crippen LogP contribution is 2.19. The molecule has 0 aliphatic heterocycles. The monoisotopic (exact) mass is 280 g/mol. The smallest absolute Gasteiger partial charge is 0.228 e. The molecule has 2 aromatic rings. The third-order valence-electron chi connectivity index (χ3n) is 2.13. The highest BCUT2D eigenvalue weighted by Gasteiger charge is 2.13. The van der Waals surface area contributed by atoms with Crippen LogP contribution in [0.4, 0.5) is 0 Å². The third kappa shape index (κ3) is 2.17. The molecule has 0 aliphatic carbocycles. The van der Waals surface area contributed by atoms with Crippen molar-refractivity contribution in [2.75, 3.05) is 7.11 Å². The first-order chi connectivity index (χ1) is 7.70. The summed E-state index contributed by atoms with van der Waals surface area (Å²) in [5, 5.41) is 0. The van der Waals surface area contributed by atoms with Gasteiger partial charge in [0.2, 0.25) is 5.78 Å². The van der Waals surface area contributed by atoms with Gasteiger partial charge in [-0.05, 0) is 40.2 Å². The standard InChI is InChI=1S/C12H9BrO3/c1-15-9-4-2-3-8(7-9)12(14)10-5-6-11(13)16-10/h2-7H,1H3. The molecule has 1 aromatic heterocycles. The van der Waals surface area contributed by atoms with Gasteiger partial charge < -0.3 is 9.15 Å². The molecule has 16 heavy (non-hydrogen) atoms. The summed E-state index contributed by atoms with van der Waals surface area (Å²) >= 11 is 3.16. The second-order valence-electron chi connectivity index (χ2n) is 3.16. The lowest BCUT2D eigenvalue weighted by molar-refractivity contribution is 0.101. The summed E-state index contributed by atoms with van der Waals surface area (Å²) in [5.41, 5.74) is 0.543. The fraction of sp³-hybridized carbons (Fsp3) is 0.0833. The molecule has 0 atom stereocenters. The van der Waals surface area contributed by atoms with E-state index in [1.165, 1.54) is 0 Å². The first-order valence-corrected chi connectivity index (χ1v) is 5.44. The molecule has 1 aromatic carbocycles. The summed E-state index contributed by atoms with van der Waals surface area (Å²) in [4.78, 5) is 12.0. The van der Waals surface area contributed by atoms with Crippen molar-refractivity contribution in [1.29, 1.82) is 0 Å². The molecule has 0 spiro atoms. The van der Waals surface area contributed by atoms with Crippen molar-refractivity contribution in [2.45, 2.75) is 0 Å². The van der Waals surface area contributed by atoms with Crippen LogP contribution in [0, 0.1) is 0 Å². The van der Waals surface area contributed by atoms with Crippen LogP contribution in [0.25, 0.3) is 0 Å². The van der Waals surface area contributed by atoms with E-state index in [1.807, 2.05) is 0 Å². The van der Waals surface area contributed by atoms with E-state index in [9.17, 15) is 4.79 Å². The maximum atomic E-state index is 12.0. The minimum absolute atomic E-state index is 0.162. The van der Waals surface area contributed by atoms with Gasteiger partial charge in [-0.3, -0.25) is 4.79 Å². The lowest BCUT2D eigenvalue weighted by Gasteiger charge is -2.01. The highest BCUT2D eigenvalue weighted by atomic mass is 79.9. The second kappa shape index (κ2) is 4.53. The zero-order chi connectivity index (χ0) is 11.5. The van der Waals surface area contributed by atoms with Crippen molar-refractivity contribution >= 4 is 21.7 Å². The van der Waals surface area contributed by atoms with Gasteiger partial charge in [-0.25, -0.2) is 0 Å². The van der Waals surface area contributed by atoms with Gasteiger partial charge in [-0.15, -0.1) is 0 Å². The number of carbonyl (C=O) groups is 1. The fourth-order valence-electron chi connectivity index (χ4n) is 1.34. The predicted molar refractivity (Wildman–Crippen MR) is 62.8 cm³/mol. The van der Waals surface area contributed by atoms with Crippen molar-refractivity contribution in [3.05, 3.63) is 52.4 Å². The number of hydrogen-bond acceptors (Lipinski definition) is 3. The number of hydrogen-bond donors (Lipinski definition) is 0. The fourth-order valence-corrected chi connectivity index (χ4v) is 1.65. The van der Waals surface area contributed by atoms with Crippen LogP contribution >= 0.6 is 15.9 Å². The van der Waals surface area contributed by atoms with Gasteiger partial charge >= 0.3 is 0 Å². The Morgan fingerprint density at radius 2 is 2.12 bits per heavy atom. The number of carbonyl (C=O) groups excluding carboxylic acids is 1. The van der Waals surface area contributed by atoms with Crippen molar-refractivity contribution in [3.63, 3.8) is 0 Å². The summed E-state index contributed by atoms with van der Waals surface area (Å²) in [6.45, 7) is 0. The molecule has 2 rings (SSSR count). The Labute approximate surface area is 101 Å². The maximum absolute atomic E-state index is 12.0. The summed E-state index contributed by atoms with van der Waals surface area (Å²) in [6, 6.07) is 10.3. The second-order valence-corrected chi connectivity index (χ2v) is 3.95. The van der Waals surface area contributed by atoms with E-state index in [2.05, 4.69) is 15.9 Å². The third-order valence-corrected chi connectivity index (χ3v) is 2.56. The quantitative estimate of drug-likeness (QED) is 0.810. The Morgan fingerprint density at radius 3 is 2.75 bits per heavy atom. The van der Waals surface area contributed by atoms with E-state index in [0.29, 0.717) is 21.7 Å². The molecule has 0 unspecified atom stereocenters. The molecule has 82 valence electrons. The lowest BCUT2D eigenvalue weighted by atomic mass is 10.1. The predicted octanol–water partition coefficient (Wildman–Crippen LogP) is 3.28. The molecule has 0 N–H and O–H groups in total. The topological polar surface area (TPSA) is 39.4 Å². The van der Waals surface area contributed by atoms with E-state index in [1.54, 1.807) is 43.5 Å². The van der Waals surface area contributed by atoms with Gasteiger partial charge in [-0.1, -0.05) is 12.1 Å². The van der Waals surface area contributed by atoms with E-state index in [-0.39, 0.29) is 5.78 Å². The number of rotatable bonds is 3. The molecule has 4 heteroatoms. The molecule has 1 heterocycles. The largest absolute Gasteiger partial charge is 0.497 e. The average molecular weight is 281 g/mol. The molecule has 3 nitrogen and oxygen atoms in total. The van der Waals surface area contributed by atoms with Gasteiger partial charge in [0.1, 0.15) is 5.75 Å². The van der Waals surface area contributed by atoms with Gasteiger partial charge in [0, 0.05) is 5.56 Å². The number of ketones is 1. The lowest BCUT2D eigenvalue weighted by Crippen LogP contribution is -1.99. The number of furan rings is 1. The van der Waals surface area contributed by atoms with Crippen molar-refractivity contribution < 1.29 is 13.9 Å². The Morgan fingerprint density at radius 1 is 1.31 bits per heavy atom. The van der Waals surface area contributed by atoms with Crippen LogP contribution in [-0.2, 0) is 0 Å². The SMILES string of the molecule is COc1cccc(C(=O)c2ccc(Br)o2)c1. The summed E-state index contributed by atoms with van der Waals surface area (Å²) < 4.78 is 10.8. The zero-order valence-electron chi connectivity index (χ0n) is 8.57. The minimum Gasteiger partial charge on any atom is -0.497 e. The Balaban J connectivity index is 2.33. The van der Waals surface area contributed by atoms with Crippen LogP contribution in [-0.4, -0.2) is 12.9 Å². The number of halogens is 1. The average Bonchev–Trinajstić information content (AvgIpc) is 2.75. The number of benzene rings is 1. The Kier molecular flexibility index (Phi) is 3.10. The van der Waals surface area contributed by atoms with E-state index >= 15 is 0 Å². The van der Waals surface area contributed by atoms with E-state index in [0.717, 1.165) is 0 Å². The van der Waals surface area contributed by atoms with Crippen LogP contribution in [0.15, 0.2) is 45.5 Å². The van der Waals surface area contributed by atoms with Crippen LogP contribution < -0.4 is 4.74 Å². The highest BCUT2D eigenvalue weighted by molar-refractivity contribution is 9.10. The summed E-state index contributed by atoms with van der Waals surface area (Å²) in [7, 11) is 1.56. The molecule has 0 saturated heterocycles. The van der Waals surface area contributed by atoms with Gasteiger partial charge in [0.05, 0.1) is 7.11 Å². The van der Waals surface area contributed by atoms with Crippen molar-refractivity contribution in [2.24, 2.45) is 0 Å². The normalized spacial score (nSPS) is 10.1. The molecular formula is C12H9BrO3. The Bertz CT molecular complexity index is 516. The number of ether oxygens (including phenoxy) is 1. The molecule has 0 aliphatic rings. The molecule has 0 saturated carbocycles. The number of methoxy groups -OCH3 is 1. The van der Waals surface area contributed by atoms with Crippen molar-refractivity contribution in [1.82, 2.24) is 0 Å². The summed E-state index contributed by atoms with van der Waals surface area (Å²) in [6.07, 6.45) is 0.